The quantitative estimate of drug-likeness (QED) is 0.834. The Kier molecular flexibility index (Phi) is 5.18. The lowest BCUT2D eigenvalue weighted by molar-refractivity contribution is -0.131. The minimum absolute atomic E-state index is 0.0428. The molecule has 0 aromatic heterocycles. The number of hydrogen-bond donors (Lipinski definition) is 0. The number of nitrogens with zero attached hydrogens (tertiary/aromatic N) is 2. The predicted molar refractivity (Wildman–Crippen MR) is 85.0 cm³/mol. The van der Waals surface area contributed by atoms with E-state index in [4.69, 9.17) is 10.00 Å². The van der Waals surface area contributed by atoms with Crippen LogP contribution in [-0.2, 0) is 4.79 Å². The first-order valence-corrected chi connectivity index (χ1v) is 7.33. The summed E-state index contributed by atoms with van der Waals surface area (Å²) < 4.78 is 6.43. The van der Waals surface area contributed by atoms with Gasteiger partial charge in [0.05, 0.1) is 17.0 Å². The SMILES string of the molecule is CN(CCC#N)C(=O)COc1ccc2ccccc2c1Br. The van der Waals surface area contributed by atoms with Crippen LogP contribution < -0.4 is 4.74 Å². The molecule has 0 aliphatic heterocycles. The maximum Gasteiger partial charge on any atom is 0.260 e. The number of carbonyl (C=O) groups excluding carboxylic acids is 1. The molecule has 2 aromatic rings. The van der Waals surface area contributed by atoms with Gasteiger partial charge < -0.3 is 9.64 Å². The number of fused-ring (bicyclic) bond motifs is 1. The van der Waals surface area contributed by atoms with E-state index in [1.807, 2.05) is 42.5 Å². The zero-order valence-electron chi connectivity index (χ0n) is 11.7. The molecule has 0 spiro atoms. The van der Waals surface area contributed by atoms with Crippen molar-refractivity contribution in [1.82, 2.24) is 4.90 Å². The second kappa shape index (κ2) is 7.09. The summed E-state index contributed by atoms with van der Waals surface area (Å²) in [4.78, 5) is 13.4. The van der Waals surface area contributed by atoms with E-state index in [0.29, 0.717) is 18.7 Å². The van der Waals surface area contributed by atoms with Crippen molar-refractivity contribution in [2.45, 2.75) is 6.42 Å². The monoisotopic (exact) mass is 346 g/mol. The third kappa shape index (κ3) is 3.73. The van der Waals surface area contributed by atoms with Crippen LogP contribution in [0.3, 0.4) is 0 Å². The van der Waals surface area contributed by atoms with Crippen molar-refractivity contribution in [2.75, 3.05) is 20.2 Å². The molecule has 0 radical (unpaired) electrons. The number of halogens is 1. The highest BCUT2D eigenvalue weighted by Gasteiger charge is 2.11. The van der Waals surface area contributed by atoms with Crippen molar-refractivity contribution in [1.29, 1.82) is 5.26 Å². The fourth-order valence-corrected chi connectivity index (χ4v) is 2.52. The van der Waals surface area contributed by atoms with E-state index in [9.17, 15) is 4.79 Å². The van der Waals surface area contributed by atoms with E-state index in [1.165, 1.54) is 4.90 Å². The lowest BCUT2D eigenvalue weighted by Gasteiger charge is -2.16. The summed E-state index contributed by atoms with van der Waals surface area (Å²) in [5.74, 6) is 0.487. The third-order valence-electron chi connectivity index (χ3n) is 3.16. The van der Waals surface area contributed by atoms with Gasteiger partial charge in [0.2, 0.25) is 0 Å². The zero-order chi connectivity index (χ0) is 15.2. The maximum atomic E-state index is 11.9. The van der Waals surface area contributed by atoms with Crippen LogP contribution >= 0.6 is 15.9 Å². The van der Waals surface area contributed by atoms with E-state index in [0.717, 1.165) is 15.2 Å². The van der Waals surface area contributed by atoms with Crippen LogP contribution in [-0.4, -0.2) is 31.0 Å². The van der Waals surface area contributed by atoms with Gasteiger partial charge in [-0.05, 0) is 32.8 Å². The van der Waals surface area contributed by atoms with Gasteiger partial charge in [0.25, 0.3) is 5.91 Å². The smallest absolute Gasteiger partial charge is 0.260 e. The summed E-state index contributed by atoms with van der Waals surface area (Å²) in [6.45, 7) is 0.371. The van der Waals surface area contributed by atoms with Crippen LogP contribution in [0.1, 0.15) is 6.42 Å². The minimum atomic E-state index is -0.148. The van der Waals surface area contributed by atoms with Crippen LogP contribution in [0.2, 0.25) is 0 Å². The van der Waals surface area contributed by atoms with Gasteiger partial charge in [-0.2, -0.15) is 5.26 Å². The Morgan fingerprint density at radius 1 is 1.33 bits per heavy atom. The second-order valence-electron chi connectivity index (χ2n) is 4.61. The fourth-order valence-electron chi connectivity index (χ4n) is 1.92. The zero-order valence-corrected chi connectivity index (χ0v) is 13.3. The number of hydrogen-bond acceptors (Lipinski definition) is 3. The van der Waals surface area contributed by atoms with Crippen LogP contribution in [0, 0.1) is 11.3 Å². The topological polar surface area (TPSA) is 53.3 Å². The lowest BCUT2D eigenvalue weighted by atomic mass is 10.1. The molecule has 0 heterocycles. The third-order valence-corrected chi connectivity index (χ3v) is 3.98. The molecule has 0 aliphatic rings. The minimum Gasteiger partial charge on any atom is -0.483 e. The first-order chi connectivity index (χ1) is 10.1. The summed E-state index contributed by atoms with van der Waals surface area (Å²) in [7, 11) is 1.67. The molecule has 4 nitrogen and oxygen atoms in total. The fraction of sp³-hybridized carbons (Fsp3) is 0.250. The molecule has 0 unspecified atom stereocenters. The number of nitriles is 1. The molecule has 0 saturated carbocycles. The highest BCUT2D eigenvalue weighted by molar-refractivity contribution is 9.10. The highest BCUT2D eigenvalue weighted by Crippen LogP contribution is 2.32. The first-order valence-electron chi connectivity index (χ1n) is 6.54. The summed E-state index contributed by atoms with van der Waals surface area (Å²) in [6.07, 6.45) is 0.321. The normalized spacial score (nSPS) is 10.1. The van der Waals surface area contributed by atoms with Gasteiger partial charge in [0, 0.05) is 13.6 Å². The Labute approximate surface area is 132 Å². The van der Waals surface area contributed by atoms with Gasteiger partial charge in [0.1, 0.15) is 5.75 Å². The Morgan fingerprint density at radius 2 is 2.10 bits per heavy atom. The average Bonchev–Trinajstić information content (AvgIpc) is 2.52. The molecular formula is C16H15BrN2O2. The Bertz CT molecular complexity index is 694. The van der Waals surface area contributed by atoms with Crippen molar-refractivity contribution in [3.05, 3.63) is 40.9 Å². The second-order valence-corrected chi connectivity index (χ2v) is 5.40. The van der Waals surface area contributed by atoms with Gasteiger partial charge in [-0.3, -0.25) is 4.79 Å². The summed E-state index contributed by atoms with van der Waals surface area (Å²) in [5, 5.41) is 10.7. The summed E-state index contributed by atoms with van der Waals surface area (Å²) >= 11 is 3.52. The first kappa shape index (κ1) is 15.3. The Hall–Kier alpha value is -2.06. The number of amides is 1. The van der Waals surface area contributed by atoms with Crippen molar-refractivity contribution < 1.29 is 9.53 Å². The average molecular weight is 347 g/mol. The standard InChI is InChI=1S/C16H15BrN2O2/c1-19(10-4-9-18)15(20)11-21-14-8-7-12-5-2-3-6-13(12)16(14)17/h2-3,5-8H,4,10-11H2,1H3. The summed E-state index contributed by atoms with van der Waals surface area (Å²) in [6, 6.07) is 13.8. The molecule has 0 bridgehead atoms. The molecular weight excluding hydrogens is 332 g/mol. The van der Waals surface area contributed by atoms with Crippen molar-refractivity contribution in [3.8, 4) is 11.8 Å². The van der Waals surface area contributed by atoms with Crippen LogP contribution in [0.25, 0.3) is 10.8 Å². The molecule has 2 rings (SSSR count). The largest absolute Gasteiger partial charge is 0.483 e. The van der Waals surface area contributed by atoms with Crippen molar-refractivity contribution >= 4 is 32.6 Å². The van der Waals surface area contributed by atoms with Gasteiger partial charge in [-0.25, -0.2) is 0 Å². The molecule has 5 heteroatoms. The lowest BCUT2D eigenvalue weighted by Crippen LogP contribution is -2.32. The molecule has 0 atom stereocenters. The molecule has 108 valence electrons. The predicted octanol–water partition coefficient (Wildman–Crippen LogP) is 3.35. The number of benzene rings is 2. The number of ether oxygens (including phenoxy) is 1. The number of likely N-dealkylation sites (N-methyl/N-ethyl adjacent to an activating group) is 1. The van der Waals surface area contributed by atoms with Crippen LogP contribution in [0.5, 0.6) is 5.75 Å². The maximum absolute atomic E-state index is 11.9. The Balaban J connectivity index is 2.05. The van der Waals surface area contributed by atoms with Gasteiger partial charge in [-0.15, -0.1) is 0 Å². The van der Waals surface area contributed by atoms with Crippen LogP contribution in [0.4, 0.5) is 0 Å². The molecule has 0 fully saturated rings. The van der Waals surface area contributed by atoms with Gasteiger partial charge in [0.15, 0.2) is 6.61 Å². The van der Waals surface area contributed by atoms with E-state index in [-0.39, 0.29) is 12.5 Å². The molecule has 2 aromatic carbocycles. The highest BCUT2D eigenvalue weighted by atomic mass is 79.9. The van der Waals surface area contributed by atoms with Gasteiger partial charge >= 0.3 is 0 Å². The Morgan fingerprint density at radius 3 is 2.86 bits per heavy atom. The molecule has 0 aliphatic carbocycles. The van der Waals surface area contributed by atoms with Crippen LogP contribution in [0.15, 0.2) is 40.9 Å². The van der Waals surface area contributed by atoms with Gasteiger partial charge in [-0.1, -0.05) is 30.3 Å². The number of carbonyl (C=O) groups is 1. The van der Waals surface area contributed by atoms with Crippen molar-refractivity contribution in [2.24, 2.45) is 0 Å². The van der Waals surface area contributed by atoms with E-state index in [2.05, 4.69) is 15.9 Å². The molecule has 1 amide bonds. The molecule has 0 saturated heterocycles. The molecule has 0 N–H and O–H groups in total. The van der Waals surface area contributed by atoms with E-state index >= 15 is 0 Å². The van der Waals surface area contributed by atoms with E-state index < -0.39 is 0 Å². The molecule has 21 heavy (non-hydrogen) atoms. The summed E-state index contributed by atoms with van der Waals surface area (Å²) in [5.41, 5.74) is 0. The van der Waals surface area contributed by atoms with E-state index in [1.54, 1.807) is 7.05 Å². The van der Waals surface area contributed by atoms with Crippen molar-refractivity contribution in [3.63, 3.8) is 0 Å². The number of rotatable bonds is 5.